The van der Waals surface area contributed by atoms with Crippen LogP contribution in [0, 0.1) is 0 Å². The highest BCUT2D eigenvalue weighted by Crippen LogP contribution is 2.23. The summed E-state index contributed by atoms with van der Waals surface area (Å²) in [4.78, 5) is 14.9. The van der Waals surface area contributed by atoms with E-state index >= 15 is 0 Å². The molecule has 0 saturated heterocycles. The summed E-state index contributed by atoms with van der Waals surface area (Å²) >= 11 is 0. The molecule has 1 aromatic carbocycles. The van der Waals surface area contributed by atoms with Gasteiger partial charge < -0.3 is 14.2 Å². The predicted octanol–water partition coefficient (Wildman–Crippen LogP) is 2.83. The van der Waals surface area contributed by atoms with E-state index in [1.165, 1.54) is 0 Å². The SMILES string of the molecule is Cn1ccc(-c2nc(-c3ccc(NC(=O)O)cc3)no2)c1. The van der Waals surface area contributed by atoms with Crippen LogP contribution >= 0.6 is 0 Å². The zero-order chi connectivity index (χ0) is 14.8. The van der Waals surface area contributed by atoms with Gasteiger partial charge >= 0.3 is 6.09 Å². The van der Waals surface area contributed by atoms with Crippen molar-refractivity contribution in [3.63, 3.8) is 0 Å². The number of amides is 1. The van der Waals surface area contributed by atoms with Gasteiger partial charge in [0.1, 0.15) is 0 Å². The first-order valence-corrected chi connectivity index (χ1v) is 6.18. The van der Waals surface area contributed by atoms with Crippen LogP contribution in [0.25, 0.3) is 22.8 Å². The van der Waals surface area contributed by atoms with Gasteiger partial charge in [0.15, 0.2) is 0 Å². The van der Waals surface area contributed by atoms with Crippen LogP contribution < -0.4 is 5.32 Å². The standard InChI is InChI=1S/C14H12N4O3/c1-18-7-6-10(8-18)13-16-12(17-21-13)9-2-4-11(5-3-9)15-14(19)20/h2-8,15H,1H3,(H,19,20). The summed E-state index contributed by atoms with van der Waals surface area (Å²) in [5.74, 6) is 0.897. The van der Waals surface area contributed by atoms with Crippen LogP contribution in [-0.4, -0.2) is 25.9 Å². The summed E-state index contributed by atoms with van der Waals surface area (Å²) in [6, 6.07) is 8.62. The lowest BCUT2D eigenvalue weighted by molar-refractivity contribution is 0.210. The summed E-state index contributed by atoms with van der Waals surface area (Å²) in [5, 5.41) is 14.8. The fourth-order valence-electron chi connectivity index (χ4n) is 1.91. The van der Waals surface area contributed by atoms with Gasteiger partial charge in [0.05, 0.1) is 5.56 Å². The van der Waals surface area contributed by atoms with Gasteiger partial charge in [0, 0.05) is 30.7 Å². The van der Waals surface area contributed by atoms with E-state index in [9.17, 15) is 4.79 Å². The van der Waals surface area contributed by atoms with Gasteiger partial charge in [-0.2, -0.15) is 4.98 Å². The number of hydrogen-bond donors (Lipinski definition) is 2. The Kier molecular flexibility index (Phi) is 3.15. The van der Waals surface area contributed by atoms with Gasteiger partial charge in [0.2, 0.25) is 5.82 Å². The van der Waals surface area contributed by atoms with Gasteiger partial charge in [-0.15, -0.1) is 0 Å². The minimum Gasteiger partial charge on any atom is -0.465 e. The molecule has 0 atom stereocenters. The molecule has 7 nitrogen and oxygen atoms in total. The monoisotopic (exact) mass is 284 g/mol. The second-order valence-corrected chi connectivity index (χ2v) is 4.50. The third-order valence-corrected chi connectivity index (χ3v) is 2.90. The largest absolute Gasteiger partial charge is 0.465 e. The molecule has 0 fully saturated rings. The maximum Gasteiger partial charge on any atom is 0.409 e. The summed E-state index contributed by atoms with van der Waals surface area (Å²) in [6.07, 6.45) is 2.68. The molecule has 3 aromatic rings. The molecule has 0 unspecified atom stereocenters. The summed E-state index contributed by atoms with van der Waals surface area (Å²) in [5.41, 5.74) is 2.08. The molecule has 0 radical (unpaired) electrons. The lowest BCUT2D eigenvalue weighted by Crippen LogP contribution is -2.06. The smallest absolute Gasteiger partial charge is 0.409 e. The Balaban J connectivity index is 1.84. The van der Waals surface area contributed by atoms with E-state index in [1.807, 2.05) is 30.1 Å². The number of nitrogens with one attached hydrogen (secondary N) is 1. The third-order valence-electron chi connectivity index (χ3n) is 2.90. The molecular weight excluding hydrogens is 272 g/mol. The molecule has 106 valence electrons. The topological polar surface area (TPSA) is 93.2 Å². The van der Waals surface area contributed by atoms with Crippen molar-refractivity contribution in [2.45, 2.75) is 0 Å². The molecule has 2 heterocycles. The van der Waals surface area contributed by atoms with E-state index in [2.05, 4.69) is 15.5 Å². The Morgan fingerprint density at radius 2 is 2.00 bits per heavy atom. The molecule has 0 bridgehead atoms. The van der Waals surface area contributed by atoms with Crippen LogP contribution in [0.5, 0.6) is 0 Å². The van der Waals surface area contributed by atoms with Crippen molar-refractivity contribution in [2.75, 3.05) is 5.32 Å². The molecule has 0 aliphatic heterocycles. The maximum atomic E-state index is 10.5. The molecule has 2 aromatic heterocycles. The van der Waals surface area contributed by atoms with Gasteiger partial charge in [-0.05, 0) is 30.3 Å². The van der Waals surface area contributed by atoms with Crippen molar-refractivity contribution < 1.29 is 14.4 Å². The number of hydrogen-bond acceptors (Lipinski definition) is 4. The van der Waals surface area contributed by atoms with Crippen molar-refractivity contribution in [3.05, 3.63) is 42.7 Å². The fraction of sp³-hybridized carbons (Fsp3) is 0.0714. The van der Waals surface area contributed by atoms with Crippen LogP contribution in [-0.2, 0) is 7.05 Å². The Bertz CT molecular complexity index is 774. The first-order valence-electron chi connectivity index (χ1n) is 6.18. The highest BCUT2D eigenvalue weighted by molar-refractivity contribution is 5.83. The number of benzene rings is 1. The van der Waals surface area contributed by atoms with Gasteiger partial charge in [-0.25, -0.2) is 4.79 Å². The number of aromatic nitrogens is 3. The van der Waals surface area contributed by atoms with Crippen LogP contribution in [0.15, 0.2) is 47.2 Å². The lowest BCUT2D eigenvalue weighted by Gasteiger charge is -2.00. The van der Waals surface area contributed by atoms with Crippen LogP contribution in [0.1, 0.15) is 0 Å². The first-order chi connectivity index (χ1) is 10.1. The van der Waals surface area contributed by atoms with Gasteiger partial charge in [-0.1, -0.05) is 5.16 Å². The molecule has 0 spiro atoms. The zero-order valence-corrected chi connectivity index (χ0v) is 11.1. The average Bonchev–Trinajstić information content (AvgIpc) is 3.07. The van der Waals surface area contributed by atoms with E-state index in [1.54, 1.807) is 24.3 Å². The maximum absolute atomic E-state index is 10.5. The van der Waals surface area contributed by atoms with E-state index < -0.39 is 6.09 Å². The molecule has 3 rings (SSSR count). The predicted molar refractivity (Wildman–Crippen MR) is 75.8 cm³/mol. The quantitative estimate of drug-likeness (QED) is 0.771. The summed E-state index contributed by atoms with van der Waals surface area (Å²) in [6.45, 7) is 0. The van der Waals surface area contributed by atoms with Gasteiger partial charge in [-0.3, -0.25) is 5.32 Å². The lowest BCUT2D eigenvalue weighted by atomic mass is 10.2. The highest BCUT2D eigenvalue weighted by atomic mass is 16.5. The minimum atomic E-state index is -1.10. The average molecular weight is 284 g/mol. The van der Waals surface area contributed by atoms with Crippen molar-refractivity contribution in [2.24, 2.45) is 7.05 Å². The fourth-order valence-corrected chi connectivity index (χ4v) is 1.91. The Labute approximate surface area is 119 Å². The number of carbonyl (C=O) groups is 1. The molecule has 2 N–H and O–H groups in total. The summed E-state index contributed by atoms with van der Waals surface area (Å²) < 4.78 is 7.12. The number of nitrogens with zero attached hydrogens (tertiary/aromatic N) is 3. The molecule has 1 amide bonds. The molecule has 21 heavy (non-hydrogen) atoms. The first kappa shape index (κ1) is 12.9. The van der Waals surface area contributed by atoms with E-state index in [4.69, 9.17) is 9.63 Å². The van der Waals surface area contributed by atoms with Gasteiger partial charge in [0.25, 0.3) is 5.89 Å². The van der Waals surface area contributed by atoms with Crippen LogP contribution in [0.4, 0.5) is 10.5 Å². The number of carboxylic acid groups (broad SMARTS) is 1. The van der Waals surface area contributed by atoms with Crippen molar-refractivity contribution in [1.82, 2.24) is 14.7 Å². The second kappa shape index (κ2) is 5.12. The molecule has 0 saturated carbocycles. The van der Waals surface area contributed by atoms with Crippen LogP contribution in [0.2, 0.25) is 0 Å². The Morgan fingerprint density at radius 3 is 2.62 bits per heavy atom. The van der Waals surface area contributed by atoms with Crippen LogP contribution in [0.3, 0.4) is 0 Å². The molecule has 0 aliphatic rings. The zero-order valence-electron chi connectivity index (χ0n) is 11.1. The molecule has 0 aliphatic carbocycles. The Morgan fingerprint density at radius 1 is 1.24 bits per heavy atom. The number of aryl methyl sites for hydroxylation is 1. The minimum absolute atomic E-state index is 0.443. The van der Waals surface area contributed by atoms with Crippen molar-refractivity contribution >= 4 is 11.8 Å². The highest BCUT2D eigenvalue weighted by Gasteiger charge is 2.11. The van der Waals surface area contributed by atoms with Crippen molar-refractivity contribution in [1.29, 1.82) is 0 Å². The van der Waals surface area contributed by atoms with E-state index in [0.717, 1.165) is 11.1 Å². The molecule has 7 heteroatoms. The number of anilines is 1. The normalized spacial score (nSPS) is 10.5. The van der Waals surface area contributed by atoms with Crippen molar-refractivity contribution in [3.8, 4) is 22.8 Å². The second-order valence-electron chi connectivity index (χ2n) is 4.50. The van der Waals surface area contributed by atoms with E-state index in [0.29, 0.717) is 17.4 Å². The Hall–Kier alpha value is -3.09. The molecular formula is C14H12N4O3. The van der Waals surface area contributed by atoms with E-state index in [-0.39, 0.29) is 0 Å². The third kappa shape index (κ3) is 2.76. The number of rotatable bonds is 3. The summed E-state index contributed by atoms with van der Waals surface area (Å²) in [7, 11) is 1.91.